The lowest BCUT2D eigenvalue weighted by atomic mass is 10.2. The van der Waals surface area contributed by atoms with E-state index in [0.29, 0.717) is 5.04 Å². The molecule has 0 saturated carbocycles. The molecule has 0 N–H and O–H groups in total. The van der Waals surface area contributed by atoms with E-state index in [9.17, 15) is 0 Å². The topological polar surface area (TPSA) is 21.7 Å². The number of rotatable bonds is 10. The van der Waals surface area contributed by atoms with E-state index < -0.39 is 25.0 Å². The normalized spacial score (nSPS) is 14.6. The van der Waals surface area contributed by atoms with Gasteiger partial charge in [0.1, 0.15) is 16.5 Å². The standard InChI is InChI=1S/C17H43NO2Si3/c1-12-19-23(11,20-13-2)16-14-15-18(21(6,7)8)22(9,10)17(3,4)5/h12-16H2,1-11H3. The van der Waals surface area contributed by atoms with Gasteiger partial charge >= 0.3 is 8.56 Å². The largest absolute Gasteiger partial charge is 0.395 e. The summed E-state index contributed by atoms with van der Waals surface area (Å²) in [5, 5.41) is 0.397. The Balaban J connectivity index is 5.03. The van der Waals surface area contributed by atoms with Crippen molar-refractivity contribution in [3.05, 3.63) is 0 Å². The van der Waals surface area contributed by atoms with Gasteiger partial charge in [-0.1, -0.05) is 53.5 Å². The quantitative estimate of drug-likeness (QED) is 0.458. The van der Waals surface area contributed by atoms with Gasteiger partial charge in [-0.15, -0.1) is 0 Å². The number of hydrogen-bond acceptors (Lipinski definition) is 3. The second kappa shape index (κ2) is 8.76. The first-order valence-corrected chi connectivity index (χ1v) is 18.2. The second-order valence-corrected chi connectivity index (χ2v) is 23.1. The molecule has 0 amide bonds. The predicted molar refractivity (Wildman–Crippen MR) is 112 cm³/mol. The van der Waals surface area contributed by atoms with Crippen molar-refractivity contribution in [3.8, 4) is 0 Å². The van der Waals surface area contributed by atoms with Gasteiger partial charge in [0, 0.05) is 13.2 Å². The Labute approximate surface area is 149 Å². The van der Waals surface area contributed by atoms with Gasteiger partial charge in [0.05, 0.1) is 0 Å². The third kappa shape index (κ3) is 7.12. The Morgan fingerprint density at radius 1 is 0.826 bits per heavy atom. The van der Waals surface area contributed by atoms with Crippen LogP contribution in [0.1, 0.15) is 41.0 Å². The highest BCUT2D eigenvalue weighted by Crippen LogP contribution is 2.40. The molecule has 23 heavy (non-hydrogen) atoms. The first kappa shape index (κ1) is 23.5. The maximum atomic E-state index is 6.01. The Kier molecular flexibility index (Phi) is 8.96. The molecule has 0 rings (SSSR count). The number of hydrogen-bond donors (Lipinski definition) is 0. The lowest BCUT2D eigenvalue weighted by molar-refractivity contribution is 0.188. The van der Waals surface area contributed by atoms with Crippen LogP contribution in [0.25, 0.3) is 0 Å². The predicted octanol–water partition coefficient (Wildman–Crippen LogP) is 5.66. The summed E-state index contributed by atoms with van der Waals surface area (Å²) in [6, 6.07) is 1.10. The Bertz CT molecular complexity index is 343. The second-order valence-electron chi connectivity index (χ2n) is 9.23. The molecule has 0 atom stereocenters. The van der Waals surface area contributed by atoms with Crippen molar-refractivity contribution in [3.63, 3.8) is 0 Å². The number of nitrogens with zero attached hydrogens (tertiary/aromatic N) is 1. The Morgan fingerprint density at radius 3 is 1.57 bits per heavy atom. The molecule has 0 aromatic carbocycles. The molecule has 0 heterocycles. The van der Waals surface area contributed by atoms with Gasteiger partial charge in [0.25, 0.3) is 0 Å². The summed E-state index contributed by atoms with van der Waals surface area (Å²) >= 11 is 0. The summed E-state index contributed by atoms with van der Waals surface area (Å²) in [4.78, 5) is 0. The van der Waals surface area contributed by atoms with Gasteiger partial charge < -0.3 is 13.1 Å². The Morgan fingerprint density at radius 2 is 1.26 bits per heavy atom. The van der Waals surface area contributed by atoms with Gasteiger partial charge in [0.15, 0.2) is 0 Å². The van der Waals surface area contributed by atoms with E-state index in [0.717, 1.165) is 19.3 Å². The van der Waals surface area contributed by atoms with Crippen LogP contribution in [0.2, 0.25) is 50.4 Å². The van der Waals surface area contributed by atoms with Crippen LogP contribution >= 0.6 is 0 Å². The van der Waals surface area contributed by atoms with E-state index in [1.54, 1.807) is 0 Å². The van der Waals surface area contributed by atoms with Crippen LogP contribution in [-0.4, -0.2) is 49.0 Å². The lowest BCUT2D eigenvalue weighted by Crippen LogP contribution is -2.64. The molecular weight excluding hydrogens is 334 g/mol. The highest BCUT2D eigenvalue weighted by atomic mass is 28.4. The zero-order valence-electron chi connectivity index (χ0n) is 17.8. The third-order valence-electron chi connectivity index (χ3n) is 5.23. The molecule has 0 aromatic heterocycles. The zero-order valence-corrected chi connectivity index (χ0v) is 20.8. The van der Waals surface area contributed by atoms with Crippen LogP contribution in [0.3, 0.4) is 0 Å². The highest BCUT2D eigenvalue weighted by molar-refractivity contribution is 6.91. The van der Waals surface area contributed by atoms with Gasteiger partial charge in [-0.2, -0.15) is 0 Å². The van der Waals surface area contributed by atoms with Crippen molar-refractivity contribution in [2.24, 2.45) is 0 Å². The lowest BCUT2D eigenvalue weighted by Gasteiger charge is -2.52. The van der Waals surface area contributed by atoms with E-state index >= 15 is 0 Å². The summed E-state index contributed by atoms with van der Waals surface area (Å²) in [5.74, 6) is 0. The van der Waals surface area contributed by atoms with Crippen LogP contribution in [0.4, 0.5) is 0 Å². The summed E-state index contributed by atoms with van der Waals surface area (Å²) < 4.78 is 15.0. The van der Waals surface area contributed by atoms with Gasteiger partial charge in [-0.05, 0) is 44.4 Å². The molecule has 0 saturated heterocycles. The summed E-state index contributed by atoms with van der Waals surface area (Å²) in [5.41, 5.74) is 0. The van der Waals surface area contributed by atoms with Crippen LogP contribution in [0, 0.1) is 0 Å². The maximum Gasteiger partial charge on any atom is 0.334 e. The molecule has 0 aliphatic rings. The minimum absolute atomic E-state index is 0.397. The highest BCUT2D eigenvalue weighted by Gasteiger charge is 2.45. The van der Waals surface area contributed by atoms with E-state index in [-0.39, 0.29) is 0 Å². The molecule has 140 valence electrons. The summed E-state index contributed by atoms with van der Waals surface area (Å²) in [7, 11) is -4.79. The fourth-order valence-corrected chi connectivity index (χ4v) is 15.7. The summed E-state index contributed by atoms with van der Waals surface area (Å²) in [6.07, 6.45) is 1.19. The monoisotopic (exact) mass is 377 g/mol. The smallest absolute Gasteiger partial charge is 0.334 e. The minimum Gasteiger partial charge on any atom is -0.395 e. The van der Waals surface area contributed by atoms with Crippen molar-refractivity contribution in [1.29, 1.82) is 0 Å². The van der Waals surface area contributed by atoms with Crippen molar-refractivity contribution in [1.82, 2.24) is 4.23 Å². The fraction of sp³-hybridized carbons (Fsp3) is 1.00. The zero-order chi connectivity index (χ0) is 18.5. The van der Waals surface area contributed by atoms with Gasteiger partial charge in [0.2, 0.25) is 0 Å². The molecular formula is C17H43NO2Si3. The first-order chi connectivity index (χ1) is 10.2. The average molecular weight is 378 g/mol. The van der Waals surface area contributed by atoms with E-state index in [1.165, 1.54) is 13.0 Å². The molecule has 0 bridgehead atoms. The van der Waals surface area contributed by atoms with E-state index in [2.05, 4.69) is 78.1 Å². The van der Waals surface area contributed by atoms with E-state index in [1.807, 2.05) is 0 Å². The van der Waals surface area contributed by atoms with Gasteiger partial charge in [-0.3, -0.25) is 0 Å². The molecule has 0 unspecified atom stereocenters. The Hall–Kier alpha value is 0.531. The SMILES string of the molecule is CCO[Si](C)(CCCN([Si](C)(C)C)[Si](C)(C)C(C)(C)C)OCC. The van der Waals surface area contributed by atoms with Crippen molar-refractivity contribution in [2.75, 3.05) is 19.8 Å². The molecule has 3 nitrogen and oxygen atoms in total. The molecule has 0 aliphatic carbocycles. The van der Waals surface area contributed by atoms with Gasteiger partial charge in [-0.25, -0.2) is 0 Å². The average Bonchev–Trinajstić information content (AvgIpc) is 2.32. The van der Waals surface area contributed by atoms with Crippen LogP contribution < -0.4 is 0 Å². The van der Waals surface area contributed by atoms with Crippen LogP contribution in [-0.2, 0) is 8.85 Å². The third-order valence-corrected chi connectivity index (χ3v) is 19.1. The first-order valence-electron chi connectivity index (χ1n) is 9.27. The summed E-state index contributed by atoms with van der Waals surface area (Å²) in [6.45, 7) is 29.0. The molecule has 0 aromatic rings. The molecule has 6 heteroatoms. The minimum atomic E-state index is -1.98. The fourth-order valence-electron chi connectivity index (χ4n) is 3.21. The molecule has 0 fully saturated rings. The van der Waals surface area contributed by atoms with Crippen LogP contribution in [0.15, 0.2) is 0 Å². The van der Waals surface area contributed by atoms with Crippen molar-refractivity contribution in [2.45, 2.75) is 91.4 Å². The van der Waals surface area contributed by atoms with E-state index in [4.69, 9.17) is 8.85 Å². The van der Waals surface area contributed by atoms with Crippen molar-refractivity contribution < 1.29 is 8.85 Å². The maximum absolute atomic E-state index is 6.01. The van der Waals surface area contributed by atoms with Crippen LogP contribution in [0.5, 0.6) is 0 Å². The van der Waals surface area contributed by atoms with Crippen molar-refractivity contribution >= 4 is 25.0 Å². The molecule has 0 radical (unpaired) electrons. The molecule has 0 aliphatic heterocycles. The molecule has 0 spiro atoms.